The largest absolute Gasteiger partial charge is 0.490 e. The van der Waals surface area contributed by atoms with Gasteiger partial charge in [-0.05, 0) is 111 Å². The maximum atomic E-state index is 16.6. The van der Waals surface area contributed by atoms with Crippen LogP contribution in [0.2, 0.25) is 5.02 Å². The molecule has 4 aromatic rings. The number of rotatable bonds is 10. The molecule has 276 valence electrons. The molecule has 0 spiro atoms. The fourth-order valence-electron chi connectivity index (χ4n) is 6.57. The van der Waals surface area contributed by atoms with E-state index in [1.165, 1.54) is 36.4 Å². The number of hydrogen-bond acceptors (Lipinski definition) is 6. The number of likely N-dealkylation sites (tertiary alicyclic amines) is 1. The van der Waals surface area contributed by atoms with Gasteiger partial charge in [-0.2, -0.15) is 13.5 Å². The van der Waals surface area contributed by atoms with Gasteiger partial charge in [0.2, 0.25) is 15.9 Å². The first-order chi connectivity index (χ1) is 24.6. The number of fused-ring (bicyclic) bond motifs is 1. The van der Waals surface area contributed by atoms with Crippen molar-refractivity contribution in [1.82, 2.24) is 14.9 Å². The second kappa shape index (κ2) is 15.0. The number of ether oxygens (including phenoxy) is 2. The molecule has 1 unspecified atom stereocenters. The quantitative estimate of drug-likeness (QED) is 0.170. The lowest BCUT2D eigenvalue weighted by molar-refractivity contribution is -0.143. The number of alkyl carbamates (subject to hydrolysis) is 1. The highest BCUT2D eigenvalue weighted by atomic mass is 35.5. The smallest absolute Gasteiger partial charge is 0.407 e. The lowest BCUT2D eigenvalue weighted by Gasteiger charge is -2.30. The van der Waals surface area contributed by atoms with Crippen LogP contribution < -0.4 is 14.8 Å². The van der Waals surface area contributed by atoms with E-state index in [2.05, 4.69) is 10.0 Å². The summed E-state index contributed by atoms with van der Waals surface area (Å²) in [5.41, 5.74) is 0.0493. The van der Waals surface area contributed by atoms with Crippen molar-refractivity contribution >= 4 is 44.4 Å². The van der Waals surface area contributed by atoms with E-state index in [1.807, 2.05) is 6.07 Å². The van der Waals surface area contributed by atoms with E-state index < -0.39 is 51.2 Å². The van der Waals surface area contributed by atoms with Gasteiger partial charge >= 0.3 is 6.09 Å². The van der Waals surface area contributed by atoms with Crippen LogP contribution in [0.25, 0.3) is 21.9 Å². The maximum Gasteiger partial charge on any atom is 0.407 e. The van der Waals surface area contributed by atoms with Gasteiger partial charge in [0, 0.05) is 23.7 Å². The molecule has 52 heavy (non-hydrogen) atoms. The summed E-state index contributed by atoms with van der Waals surface area (Å²) in [5, 5.41) is 4.47. The summed E-state index contributed by atoms with van der Waals surface area (Å²) >= 11 is 6.00. The number of halogens is 3. The third kappa shape index (κ3) is 8.85. The summed E-state index contributed by atoms with van der Waals surface area (Å²) in [6, 6.07) is 18.7. The average Bonchev–Trinajstić information content (AvgIpc) is 3.79. The van der Waals surface area contributed by atoms with E-state index in [-0.39, 0.29) is 30.5 Å². The zero-order valence-corrected chi connectivity index (χ0v) is 30.8. The number of carbonyl (C=O) groups is 2. The van der Waals surface area contributed by atoms with Gasteiger partial charge < -0.3 is 19.7 Å². The van der Waals surface area contributed by atoms with Crippen LogP contribution in [0.15, 0.2) is 89.8 Å². The van der Waals surface area contributed by atoms with Crippen molar-refractivity contribution in [1.29, 1.82) is 0 Å². The van der Waals surface area contributed by atoms with E-state index in [1.54, 1.807) is 63.2 Å². The second-order valence-electron chi connectivity index (χ2n) is 14.4. The van der Waals surface area contributed by atoms with E-state index >= 15 is 8.78 Å². The molecule has 2 fully saturated rings. The molecule has 1 heterocycles. The molecule has 1 aliphatic heterocycles. The number of nitrogens with zero attached hydrogens (tertiary/aromatic N) is 1. The van der Waals surface area contributed by atoms with Crippen LogP contribution in [0.1, 0.15) is 58.4 Å². The number of carbonyl (C=O) groups excluding carboxylic acids is 2. The van der Waals surface area contributed by atoms with Gasteiger partial charge in [-0.25, -0.2) is 13.2 Å². The molecule has 2 N–H and O–H groups in total. The first kappa shape index (κ1) is 37.5. The summed E-state index contributed by atoms with van der Waals surface area (Å²) in [6.07, 6.45) is 3.90. The minimum Gasteiger partial charge on any atom is -0.490 e. The molecule has 9 nitrogen and oxygen atoms in total. The Balaban J connectivity index is 1.27. The van der Waals surface area contributed by atoms with Crippen molar-refractivity contribution < 1.29 is 36.3 Å². The zero-order chi connectivity index (χ0) is 37.3. The normalized spacial score (nSPS) is 17.7. The minimum atomic E-state index is -4.66. The molecule has 0 radical (unpaired) electrons. The number of nitrogens with one attached hydrogen (secondary N) is 2. The molecule has 4 aromatic carbocycles. The van der Waals surface area contributed by atoms with E-state index in [9.17, 15) is 18.0 Å². The monoisotopic (exact) mass is 753 g/mol. The van der Waals surface area contributed by atoms with Crippen LogP contribution in [0, 0.1) is 0 Å². The van der Waals surface area contributed by atoms with Crippen LogP contribution in [-0.2, 0) is 25.5 Å². The summed E-state index contributed by atoms with van der Waals surface area (Å²) in [7, 11) is -4.66. The number of sulfonamides is 1. The van der Waals surface area contributed by atoms with Gasteiger partial charge in [0.05, 0.1) is 17.0 Å². The highest BCUT2D eigenvalue weighted by molar-refractivity contribution is 7.89. The van der Waals surface area contributed by atoms with Crippen molar-refractivity contribution in [3.63, 3.8) is 0 Å². The van der Waals surface area contributed by atoms with Gasteiger partial charge in [0.25, 0.3) is 5.92 Å². The van der Waals surface area contributed by atoms with Gasteiger partial charge in [-0.15, -0.1) is 0 Å². The molecule has 2 amide bonds. The summed E-state index contributed by atoms with van der Waals surface area (Å²) in [5.74, 6) is -4.44. The van der Waals surface area contributed by atoms with Crippen molar-refractivity contribution in [2.24, 2.45) is 0 Å². The highest BCUT2D eigenvalue weighted by Gasteiger charge is 2.50. The molecule has 1 aliphatic carbocycles. The summed E-state index contributed by atoms with van der Waals surface area (Å²) < 4.78 is 74.4. The Morgan fingerprint density at radius 3 is 2.13 bits per heavy atom. The Labute approximate surface area is 307 Å². The van der Waals surface area contributed by atoms with Gasteiger partial charge in [-0.3, -0.25) is 4.79 Å². The van der Waals surface area contributed by atoms with E-state index in [0.29, 0.717) is 27.1 Å². The Morgan fingerprint density at radius 2 is 1.48 bits per heavy atom. The molecular weight excluding hydrogens is 712 g/mol. The predicted octanol–water partition coefficient (Wildman–Crippen LogP) is 8.05. The third-order valence-electron chi connectivity index (χ3n) is 9.25. The molecule has 1 saturated carbocycles. The average molecular weight is 754 g/mol. The topological polar surface area (TPSA) is 114 Å². The SMILES string of the molecule is CC(C)(C)OC(=O)N[C@@H]1CCN(C(=O)C(NS(=O)(=O)c2ccc3cc(OC4CCCC4)ccc3c2)C(F)(F)c2ccc(-c3ccc(Cl)cc3)cc2)C1. The fraction of sp³-hybridized carbons (Fsp3) is 0.385. The molecule has 1 saturated heterocycles. The Morgan fingerprint density at radius 1 is 0.865 bits per heavy atom. The fourth-order valence-corrected chi connectivity index (χ4v) is 7.92. The summed E-state index contributed by atoms with van der Waals surface area (Å²) in [6.45, 7) is 5.02. The standard InChI is InChI=1S/C39H42ClF2N3O6S/c1-38(2,3)51-37(47)43-31-20-21-45(24-31)36(46)35(39(41,42)29-14-8-25(9-15-29)26-10-16-30(40)17-11-26)44-52(48,49)34-19-13-27-22-33(18-12-28(27)23-34)50-32-6-4-5-7-32/h8-19,22-23,31-32,35,44H,4-7,20-21,24H2,1-3H3,(H,43,47)/t31-,35?/m1/s1. The Hall–Kier alpha value is -4.26. The molecule has 0 aromatic heterocycles. The van der Waals surface area contributed by atoms with Crippen LogP contribution in [0.5, 0.6) is 5.75 Å². The zero-order valence-electron chi connectivity index (χ0n) is 29.2. The molecule has 13 heteroatoms. The molecule has 2 atom stereocenters. The van der Waals surface area contributed by atoms with Crippen molar-refractivity contribution in [2.45, 2.75) is 87.5 Å². The van der Waals surface area contributed by atoms with Gasteiger partial charge in [-0.1, -0.05) is 60.1 Å². The van der Waals surface area contributed by atoms with E-state index in [0.717, 1.165) is 36.1 Å². The third-order valence-corrected chi connectivity index (χ3v) is 10.9. The maximum absolute atomic E-state index is 16.6. The highest BCUT2D eigenvalue weighted by Crippen LogP contribution is 2.36. The van der Waals surface area contributed by atoms with Crippen LogP contribution in [0.3, 0.4) is 0 Å². The first-order valence-corrected chi connectivity index (χ1v) is 19.2. The lowest BCUT2D eigenvalue weighted by atomic mass is 9.97. The van der Waals surface area contributed by atoms with Crippen molar-refractivity contribution in [3.05, 3.63) is 95.5 Å². The van der Waals surface area contributed by atoms with Gasteiger partial charge in [0.1, 0.15) is 11.4 Å². The lowest BCUT2D eigenvalue weighted by Crippen LogP contribution is -2.56. The Bertz CT molecular complexity index is 2030. The second-order valence-corrected chi connectivity index (χ2v) is 16.5. The number of alkyl halides is 2. The molecule has 0 bridgehead atoms. The number of hydrogen-bond donors (Lipinski definition) is 2. The first-order valence-electron chi connectivity index (χ1n) is 17.3. The minimum absolute atomic E-state index is 0.0182. The van der Waals surface area contributed by atoms with Crippen LogP contribution >= 0.6 is 11.6 Å². The molecule has 6 rings (SSSR count). The van der Waals surface area contributed by atoms with Crippen LogP contribution in [-0.4, -0.2) is 62.2 Å². The van der Waals surface area contributed by atoms with Crippen molar-refractivity contribution in [3.8, 4) is 16.9 Å². The van der Waals surface area contributed by atoms with Crippen LogP contribution in [0.4, 0.5) is 13.6 Å². The Kier molecular flexibility index (Phi) is 10.8. The number of amides is 2. The molecule has 2 aliphatic rings. The summed E-state index contributed by atoms with van der Waals surface area (Å²) in [4.78, 5) is 27.2. The van der Waals surface area contributed by atoms with Crippen molar-refractivity contribution in [2.75, 3.05) is 13.1 Å². The molecular formula is C39H42ClF2N3O6S. The van der Waals surface area contributed by atoms with E-state index in [4.69, 9.17) is 21.1 Å². The number of benzene rings is 4. The predicted molar refractivity (Wildman–Crippen MR) is 196 cm³/mol. The van der Waals surface area contributed by atoms with Gasteiger partial charge in [0.15, 0.2) is 6.04 Å².